The molecule has 0 spiro atoms. The van der Waals surface area contributed by atoms with Gasteiger partial charge in [-0.15, -0.1) is 0 Å². The number of rotatable bonds is 9. The lowest BCUT2D eigenvalue weighted by molar-refractivity contribution is -0.230. The van der Waals surface area contributed by atoms with Crippen molar-refractivity contribution in [3.63, 3.8) is 0 Å². The fourth-order valence-corrected chi connectivity index (χ4v) is 4.85. The molecule has 0 saturated carbocycles. The molecule has 0 amide bonds. The fourth-order valence-electron chi connectivity index (χ4n) is 3.81. The maximum absolute atomic E-state index is 10.5. The van der Waals surface area contributed by atoms with Crippen LogP contribution in [0, 0.1) is 0 Å². The van der Waals surface area contributed by atoms with Crippen molar-refractivity contribution >= 4 is 8.32 Å². The van der Waals surface area contributed by atoms with Crippen molar-refractivity contribution in [2.24, 2.45) is 5.11 Å². The van der Waals surface area contributed by atoms with Crippen molar-refractivity contribution in [1.29, 1.82) is 0 Å². The Hall–Kier alpha value is -1.49. The quantitative estimate of drug-likeness (QED) is 0.241. The monoisotopic (exact) mass is 479 g/mol. The molecule has 0 aromatic heterocycles. The number of benzene rings is 1. The minimum Gasteiger partial charge on any atom is -0.416 e. The number of azide groups is 1. The summed E-state index contributed by atoms with van der Waals surface area (Å²) < 4.78 is 30.9. The van der Waals surface area contributed by atoms with Crippen LogP contribution in [0.5, 0.6) is 0 Å². The Morgan fingerprint density at radius 1 is 1.18 bits per heavy atom. The van der Waals surface area contributed by atoms with Gasteiger partial charge in [0.05, 0.1) is 19.8 Å². The summed E-state index contributed by atoms with van der Waals surface area (Å²) in [7, 11) is -2.21. The van der Waals surface area contributed by atoms with Crippen LogP contribution in [0.15, 0.2) is 35.4 Å². The van der Waals surface area contributed by atoms with E-state index >= 15 is 0 Å². The van der Waals surface area contributed by atoms with E-state index in [4.69, 9.17) is 23.4 Å². The van der Waals surface area contributed by atoms with Crippen molar-refractivity contribution in [2.45, 2.75) is 95.3 Å². The summed E-state index contributed by atoms with van der Waals surface area (Å²) in [5.41, 5.74) is 8.99. The van der Waals surface area contributed by atoms with E-state index in [2.05, 4.69) is 43.9 Å². The van der Waals surface area contributed by atoms with Gasteiger partial charge in [0.2, 0.25) is 0 Å². The highest BCUT2D eigenvalue weighted by Gasteiger charge is 2.61. The molecule has 0 radical (unpaired) electrons. The van der Waals surface area contributed by atoms with E-state index < -0.39 is 50.9 Å². The normalized spacial score (nSPS) is 28.7. The number of fused-ring (bicyclic) bond motifs is 1. The first kappa shape index (κ1) is 26.1. The van der Waals surface area contributed by atoms with Crippen molar-refractivity contribution in [1.82, 2.24) is 0 Å². The van der Waals surface area contributed by atoms with Gasteiger partial charge in [0.1, 0.15) is 23.9 Å². The predicted octanol–water partition coefficient (Wildman–Crippen LogP) is 4.51. The molecule has 1 aromatic carbocycles. The lowest BCUT2D eigenvalue weighted by Gasteiger charge is -2.42. The molecule has 0 aliphatic carbocycles. The van der Waals surface area contributed by atoms with E-state index in [9.17, 15) is 10.6 Å². The first-order chi connectivity index (χ1) is 15.3. The molecule has 5 unspecified atom stereocenters. The van der Waals surface area contributed by atoms with Gasteiger partial charge in [0, 0.05) is 4.91 Å². The minimum atomic E-state index is -2.21. The van der Waals surface area contributed by atoms with Gasteiger partial charge < -0.3 is 28.5 Å². The minimum absolute atomic E-state index is 0.00273. The molecule has 2 aliphatic rings. The Morgan fingerprint density at radius 2 is 1.85 bits per heavy atom. The van der Waals surface area contributed by atoms with E-state index in [1.165, 1.54) is 0 Å². The van der Waals surface area contributed by atoms with E-state index in [0.29, 0.717) is 6.61 Å². The third kappa shape index (κ3) is 5.60. The SMILES string of the molecule is CC1(C)OC2OC(C(CO)(CO[Si](C)(C)C(C)(C)C)N=[N+]=[N-])C(OCc3ccccc3)C2O1. The predicted molar refractivity (Wildman–Crippen MR) is 126 cm³/mol. The maximum Gasteiger partial charge on any atom is 0.192 e. The molecule has 2 fully saturated rings. The molecule has 33 heavy (non-hydrogen) atoms. The molecule has 3 rings (SSSR count). The largest absolute Gasteiger partial charge is 0.416 e. The van der Waals surface area contributed by atoms with Gasteiger partial charge >= 0.3 is 0 Å². The van der Waals surface area contributed by atoms with E-state index in [0.717, 1.165) is 5.56 Å². The van der Waals surface area contributed by atoms with E-state index in [-0.39, 0.29) is 11.6 Å². The second kappa shape index (κ2) is 9.63. The Bertz CT molecular complexity index is 856. The zero-order chi connectivity index (χ0) is 24.5. The molecule has 2 aliphatic heterocycles. The molecule has 1 aromatic rings. The molecule has 0 bridgehead atoms. The molecule has 2 saturated heterocycles. The summed E-state index contributed by atoms with van der Waals surface area (Å²) in [6.07, 6.45) is -2.71. The van der Waals surface area contributed by atoms with Gasteiger partial charge in [0.15, 0.2) is 20.4 Å². The molecule has 10 heteroatoms. The third-order valence-electron chi connectivity index (χ3n) is 6.81. The Morgan fingerprint density at radius 3 is 2.42 bits per heavy atom. The summed E-state index contributed by atoms with van der Waals surface area (Å²) in [5.74, 6) is -0.841. The van der Waals surface area contributed by atoms with Gasteiger partial charge in [-0.2, -0.15) is 0 Å². The van der Waals surface area contributed by atoms with Crippen molar-refractivity contribution in [2.75, 3.05) is 13.2 Å². The topological polar surface area (TPSA) is 115 Å². The molecule has 2 heterocycles. The van der Waals surface area contributed by atoms with Gasteiger partial charge in [-0.25, -0.2) is 0 Å². The van der Waals surface area contributed by atoms with Crippen LogP contribution in [0.25, 0.3) is 10.4 Å². The lowest BCUT2D eigenvalue weighted by atomic mass is 9.90. The number of nitrogens with zero attached hydrogens (tertiary/aromatic N) is 3. The lowest BCUT2D eigenvalue weighted by Crippen LogP contribution is -2.57. The number of hydrogen-bond donors (Lipinski definition) is 1. The highest BCUT2D eigenvalue weighted by atomic mass is 28.4. The first-order valence-corrected chi connectivity index (χ1v) is 14.2. The number of aliphatic hydroxyl groups excluding tert-OH is 1. The van der Waals surface area contributed by atoms with Crippen molar-refractivity contribution < 1.29 is 28.5 Å². The van der Waals surface area contributed by atoms with Gasteiger partial charge in [-0.05, 0) is 43.1 Å². The van der Waals surface area contributed by atoms with Crippen LogP contribution in [0.4, 0.5) is 0 Å². The summed E-state index contributed by atoms with van der Waals surface area (Å²) in [6, 6.07) is 9.74. The number of ether oxygens (including phenoxy) is 4. The molecular weight excluding hydrogens is 442 g/mol. The van der Waals surface area contributed by atoms with Crippen LogP contribution < -0.4 is 0 Å². The van der Waals surface area contributed by atoms with Gasteiger partial charge in [-0.1, -0.05) is 56.2 Å². The highest BCUT2D eigenvalue weighted by molar-refractivity contribution is 6.74. The standard InChI is InChI=1S/C23H37N3O6Si/c1-21(2,3)33(6,7)29-15-23(14-27,25-26-24)19-17(28-13-16-11-9-8-10-12-16)18-20(30-19)32-22(4,5)31-18/h8-12,17-20,27H,13-15H2,1-7H3. The van der Waals surface area contributed by atoms with Crippen LogP contribution in [0.1, 0.15) is 40.2 Å². The first-order valence-electron chi connectivity index (χ1n) is 11.3. The van der Waals surface area contributed by atoms with Crippen molar-refractivity contribution in [3.8, 4) is 0 Å². The molecule has 1 N–H and O–H groups in total. The molecular formula is C23H37N3O6Si. The van der Waals surface area contributed by atoms with Gasteiger partial charge in [-0.3, -0.25) is 0 Å². The second-order valence-corrected chi connectivity index (χ2v) is 15.6. The smallest absolute Gasteiger partial charge is 0.192 e. The molecule has 184 valence electrons. The van der Waals surface area contributed by atoms with Crippen LogP contribution in [-0.2, 0) is 30.0 Å². The molecule has 5 atom stereocenters. The van der Waals surface area contributed by atoms with Crippen molar-refractivity contribution in [3.05, 3.63) is 46.3 Å². The highest BCUT2D eigenvalue weighted by Crippen LogP contribution is 2.44. The number of hydrogen-bond acceptors (Lipinski definition) is 7. The molecule has 9 nitrogen and oxygen atoms in total. The number of aliphatic hydroxyl groups is 1. The van der Waals surface area contributed by atoms with Crippen LogP contribution in [0.3, 0.4) is 0 Å². The summed E-state index contributed by atoms with van der Waals surface area (Å²) in [4.78, 5) is 3.04. The van der Waals surface area contributed by atoms with Gasteiger partial charge in [0.25, 0.3) is 0 Å². The third-order valence-corrected chi connectivity index (χ3v) is 11.3. The fraction of sp³-hybridized carbons (Fsp3) is 0.739. The van der Waals surface area contributed by atoms with E-state index in [1.807, 2.05) is 44.2 Å². The van der Waals surface area contributed by atoms with Crippen LogP contribution in [0.2, 0.25) is 18.1 Å². The Balaban J connectivity index is 1.90. The summed E-state index contributed by atoms with van der Waals surface area (Å²) in [5, 5.41) is 14.5. The van der Waals surface area contributed by atoms with E-state index in [1.54, 1.807) is 0 Å². The maximum atomic E-state index is 10.5. The zero-order valence-electron chi connectivity index (χ0n) is 20.6. The second-order valence-electron chi connectivity index (χ2n) is 10.8. The summed E-state index contributed by atoms with van der Waals surface area (Å²) in [6.45, 7) is 14.0. The summed E-state index contributed by atoms with van der Waals surface area (Å²) >= 11 is 0. The van der Waals surface area contributed by atoms with Crippen LogP contribution in [-0.4, -0.2) is 62.6 Å². The zero-order valence-corrected chi connectivity index (χ0v) is 21.6. The Kier molecular flexibility index (Phi) is 7.62. The Labute approximate surface area is 197 Å². The van der Waals surface area contributed by atoms with Crippen LogP contribution >= 0.6 is 0 Å². The average Bonchev–Trinajstić information content (AvgIpc) is 3.21. The average molecular weight is 480 g/mol.